The van der Waals surface area contributed by atoms with E-state index < -0.39 is 0 Å². The lowest BCUT2D eigenvalue weighted by molar-refractivity contribution is 0.304. The third-order valence-corrected chi connectivity index (χ3v) is 6.28. The number of aromatic nitrogens is 3. The highest BCUT2D eigenvalue weighted by molar-refractivity contribution is 6.22. The molecule has 0 saturated carbocycles. The van der Waals surface area contributed by atoms with Gasteiger partial charge in [-0.25, -0.2) is 9.97 Å². The Hall–Kier alpha value is -4.77. The predicted molar refractivity (Wildman–Crippen MR) is 138 cm³/mol. The molecule has 7 aromatic rings. The molecule has 0 saturated heterocycles. The molecule has 0 N–H and O–H groups in total. The van der Waals surface area contributed by atoms with Crippen molar-refractivity contribution in [3.8, 4) is 17.3 Å². The fourth-order valence-corrected chi connectivity index (χ4v) is 4.63. The molecule has 166 valence electrons. The van der Waals surface area contributed by atoms with Crippen LogP contribution in [0.15, 0.2) is 108 Å². The summed E-state index contributed by atoms with van der Waals surface area (Å²) in [6, 6.07) is 32.3. The van der Waals surface area contributed by atoms with Crippen LogP contribution in [0.2, 0.25) is 0 Å². The molecule has 0 aliphatic carbocycles. The number of para-hydroxylation sites is 1. The molecule has 5 nitrogen and oxygen atoms in total. The fraction of sp³-hybridized carbons (Fsp3) is 0.0333. The van der Waals surface area contributed by atoms with Gasteiger partial charge in [0.25, 0.3) is 0 Å². The van der Waals surface area contributed by atoms with Crippen molar-refractivity contribution in [3.05, 3.63) is 109 Å². The summed E-state index contributed by atoms with van der Waals surface area (Å²) < 4.78 is 12.5. The van der Waals surface area contributed by atoms with E-state index in [1.165, 1.54) is 0 Å². The van der Waals surface area contributed by atoms with Gasteiger partial charge in [-0.1, -0.05) is 72.8 Å². The molecule has 35 heavy (non-hydrogen) atoms. The van der Waals surface area contributed by atoms with E-state index >= 15 is 0 Å². The number of hydrogen-bond acceptors (Lipinski definition) is 5. The number of rotatable bonds is 4. The SMILES string of the molecule is c1ccc(COc2cccc3ccc(-c4nc5c6ccccc6c6ccccc6c5o4)nc23)nc1. The number of oxazole rings is 1. The van der Waals surface area contributed by atoms with Crippen LogP contribution < -0.4 is 4.74 Å². The van der Waals surface area contributed by atoms with Gasteiger partial charge in [0, 0.05) is 22.4 Å². The van der Waals surface area contributed by atoms with Crippen molar-refractivity contribution in [3.63, 3.8) is 0 Å². The molecule has 0 spiro atoms. The number of fused-ring (bicyclic) bond motifs is 7. The molecule has 7 rings (SSSR count). The molecule has 0 radical (unpaired) electrons. The summed E-state index contributed by atoms with van der Waals surface area (Å²) in [5.74, 6) is 1.19. The Labute approximate surface area is 200 Å². The summed E-state index contributed by atoms with van der Waals surface area (Å²) >= 11 is 0. The predicted octanol–water partition coefficient (Wildman–Crippen LogP) is 7.32. The fourth-order valence-electron chi connectivity index (χ4n) is 4.63. The van der Waals surface area contributed by atoms with Crippen LogP contribution in [0.5, 0.6) is 5.75 Å². The maximum atomic E-state index is 6.37. The molecule has 3 aromatic heterocycles. The van der Waals surface area contributed by atoms with Gasteiger partial charge in [0.15, 0.2) is 5.58 Å². The normalized spacial score (nSPS) is 11.5. The Kier molecular flexibility index (Phi) is 4.45. The zero-order valence-corrected chi connectivity index (χ0v) is 18.7. The number of ether oxygens (including phenoxy) is 1. The van der Waals surface area contributed by atoms with Crippen molar-refractivity contribution >= 4 is 43.5 Å². The van der Waals surface area contributed by atoms with E-state index in [-0.39, 0.29) is 0 Å². The van der Waals surface area contributed by atoms with Gasteiger partial charge in [-0.15, -0.1) is 0 Å². The second-order valence-corrected chi connectivity index (χ2v) is 8.42. The van der Waals surface area contributed by atoms with Gasteiger partial charge in [-0.2, -0.15) is 0 Å². The van der Waals surface area contributed by atoms with Crippen LogP contribution in [0.25, 0.3) is 55.1 Å². The lowest BCUT2D eigenvalue weighted by Crippen LogP contribution is -1.99. The first-order valence-corrected chi connectivity index (χ1v) is 11.5. The van der Waals surface area contributed by atoms with Crippen LogP contribution in [0.4, 0.5) is 0 Å². The maximum Gasteiger partial charge on any atom is 0.246 e. The standard InChI is InChI=1S/C30H19N3O2/c1-3-12-23-21(10-1)22-11-2-4-13-24(22)29-28(23)33-30(35-29)25-16-15-19-8-7-14-26(27(19)32-25)34-18-20-9-5-6-17-31-20/h1-17H,18H2. The summed E-state index contributed by atoms with van der Waals surface area (Å²) in [4.78, 5) is 14.2. The highest BCUT2D eigenvalue weighted by Crippen LogP contribution is 2.37. The quantitative estimate of drug-likeness (QED) is 0.261. The molecule has 3 heterocycles. The maximum absolute atomic E-state index is 6.37. The van der Waals surface area contributed by atoms with Crippen molar-refractivity contribution in [1.82, 2.24) is 15.0 Å². The highest BCUT2D eigenvalue weighted by Gasteiger charge is 2.17. The molecule has 0 amide bonds. The minimum atomic E-state index is 0.368. The van der Waals surface area contributed by atoms with E-state index in [4.69, 9.17) is 19.1 Å². The number of pyridine rings is 2. The van der Waals surface area contributed by atoms with Crippen molar-refractivity contribution < 1.29 is 9.15 Å². The van der Waals surface area contributed by atoms with Gasteiger partial charge in [0.05, 0.1) is 5.69 Å². The van der Waals surface area contributed by atoms with Gasteiger partial charge < -0.3 is 9.15 Å². The van der Waals surface area contributed by atoms with Gasteiger partial charge in [-0.3, -0.25) is 4.98 Å². The molecule has 5 heteroatoms. The van der Waals surface area contributed by atoms with Crippen molar-refractivity contribution in [2.45, 2.75) is 6.61 Å². The van der Waals surface area contributed by atoms with Crippen LogP contribution in [-0.2, 0) is 6.61 Å². The average Bonchev–Trinajstić information content (AvgIpc) is 3.38. The van der Waals surface area contributed by atoms with E-state index in [0.717, 1.165) is 49.2 Å². The Morgan fingerprint density at radius 3 is 2.23 bits per heavy atom. The van der Waals surface area contributed by atoms with Gasteiger partial charge >= 0.3 is 0 Å². The lowest BCUT2D eigenvalue weighted by Gasteiger charge is -2.09. The molecular formula is C30H19N3O2. The Bertz CT molecular complexity index is 1790. The van der Waals surface area contributed by atoms with Crippen LogP contribution in [0.3, 0.4) is 0 Å². The minimum Gasteiger partial charge on any atom is -0.485 e. The van der Waals surface area contributed by atoms with Crippen molar-refractivity contribution in [2.75, 3.05) is 0 Å². The van der Waals surface area contributed by atoms with E-state index in [1.54, 1.807) is 6.20 Å². The second kappa shape index (κ2) is 7.92. The molecule has 0 fully saturated rings. The molecular weight excluding hydrogens is 434 g/mol. The van der Waals surface area contributed by atoms with Crippen molar-refractivity contribution in [2.24, 2.45) is 0 Å². The van der Waals surface area contributed by atoms with Crippen LogP contribution >= 0.6 is 0 Å². The summed E-state index contributed by atoms with van der Waals surface area (Å²) in [5, 5.41) is 5.40. The first kappa shape index (κ1) is 19.7. The zero-order chi connectivity index (χ0) is 23.2. The number of hydrogen-bond donors (Lipinski definition) is 0. The van der Waals surface area contributed by atoms with Crippen LogP contribution in [0, 0.1) is 0 Å². The summed E-state index contributed by atoms with van der Waals surface area (Å²) in [5.41, 5.74) is 3.90. The first-order chi connectivity index (χ1) is 17.3. The second-order valence-electron chi connectivity index (χ2n) is 8.42. The number of benzene rings is 4. The largest absolute Gasteiger partial charge is 0.485 e. The summed E-state index contributed by atoms with van der Waals surface area (Å²) in [7, 11) is 0. The molecule has 0 bridgehead atoms. The summed E-state index contributed by atoms with van der Waals surface area (Å²) in [6.07, 6.45) is 1.76. The smallest absolute Gasteiger partial charge is 0.246 e. The Balaban J connectivity index is 1.38. The number of nitrogens with zero attached hydrogens (tertiary/aromatic N) is 3. The molecule has 0 unspecified atom stereocenters. The van der Waals surface area contributed by atoms with E-state index in [0.29, 0.717) is 23.9 Å². The summed E-state index contributed by atoms with van der Waals surface area (Å²) in [6.45, 7) is 0.368. The van der Waals surface area contributed by atoms with Crippen LogP contribution in [-0.4, -0.2) is 15.0 Å². The minimum absolute atomic E-state index is 0.368. The lowest BCUT2D eigenvalue weighted by atomic mass is 10.0. The molecule has 0 aliphatic heterocycles. The zero-order valence-electron chi connectivity index (χ0n) is 18.7. The van der Waals surface area contributed by atoms with Crippen molar-refractivity contribution in [1.29, 1.82) is 0 Å². The van der Waals surface area contributed by atoms with Gasteiger partial charge in [0.2, 0.25) is 5.89 Å². The first-order valence-electron chi connectivity index (χ1n) is 11.5. The molecule has 4 aromatic carbocycles. The molecule has 0 atom stereocenters. The highest BCUT2D eigenvalue weighted by atomic mass is 16.5. The third kappa shape index (κ3) is 3.28. The van der Waals surface area contributed by atoms with Crippen LogP contribution in [0.1, 0.15) is 5.69 Å². The van der Waals surface area contributed by atoms with E-state index in [2.05, 4.69) is 41.4 Å². The topological polar surface area (TPSA) is 61.0 Å². The van der Waals surface area contributed by atoms with E-state index in [9.17, 15) is 0 Å². The van der Waals surface area contributed by atoms with Gasteiger partial charge in [0.1, 0.15) is 29.1 Å². The van der Waals surface area contributed by atoms with Gasteiger partial charge in [-0.05, 0) is 35.0 Å². The monoisotopic (exact) mass is 453 g/mol. The third-order valence-electron chi connectivity index (χ3n) is 6.28. The Morgan fingerprint density at radius 1 is 0.629 bits per heavy atom. The molecule has 0 aliphatic rings. The average molecular weight is 454 g/mol. The van der Waals surface area contributed by atoms with E-state index in [1.807, 2.05) is 60.7 Å². The Morgan fingerprint density at radius 2 is 1.40 bits per heavy atom.